The number of nitrogens with one attached hydrogen (secondary N) is 1. The van der Waals surface area contributed by atoms with Crippen LogP contribution in [0.2, 0.25) is 0 Å². The fraction of sp³-hybridized carbons (Fsp3) is 0.273. The Morgan fingerprint density at radius 2 is 1.84 bits per heavy atom. The van der Waals surface area contributed by atoms with Gasteiger partial charge in [-0.25, -0.2) is 19.6 Å². The molecule has 2 aromatic heterocycles. The van der Waals surface area contributed by atoms with Gasteiger partial charge in [-0.1, -0.05) is 0 Å². The van der Waals surface area contributed by atoms with Crippen LogP contribution in [0.1, 0.15) is 29.9 Å². The lowest BCUT2D eigenvalue weighted by molar-refractivity contribution is -0.139. The summed E-state index contributed by atoms with van der Waals surface area (Å²) in [5.74, 6) is -0.566. The first-order chi connectivity index (χ1) is 14.9. The number of aryl methyl sites for hydroxylation is 1. The topological polar surface area (TPSA) is 120 Å². The van der Waals surface area contributed by atoms with Gasteiger partial charge in [0.25, 0.3) is 0 Å². The molecular weight excluding hydrogens is 402 g/mol. The second-order valence-electron chi connectivity index (χ2n) is 6.48. The van der Waals surface area contributed by atoms with Gasteiger partial charge in [0.15, 0.2) is 12.3 Å². The van der Waals surface area contributed by atoms with Crippen molar-refractivity contribution in [1.29, 1.82) is 0 Å². The summed E-state index contributed by atoms with van der Waals surface area (Å²) in [5.41, 5.74) is 2.54. The van der Waals surface area contributed by atoms with Gasteiger partial charge >= 0.3 is 11.9 Å². The lowest BCUT2D eigenvalue weighted by Crippen LogP contribution is -2.10. The van der Waals surface area contributed by atoms with Crippen molar-refractivity contribution in [3.05, 3.63) is 47.8 Å². The number of nitrogens with zero attached hydrogens (tertiary/aromatic N) is 2. The molecule has 9 heteroatoms. The maximum atomic E-state index is 12.6. The summed E-state index contributed by atoms with van der Waals surface area (Å²) >= 11 is 0. The van der Waals surface area contributed by atoms with Gasteiger partial charge in [0.1, 0.15) is 17.1 Å². The maximum absolute atomic E-state index is 12.6. The van der Waals surface area contributed by atoms with E-state index >= 15 is 0 Å². The van der Waals surface area contributed by atoms with E-state index in [4.69, 9.17) is 19.3 Å². The van der Waals surface area contributed by atoms with Crippen molar-refractivity contribution in [1.82, 2.24) is 9.97 Å². The molecule has 0 aliphatic heterocycles. The number of aromatic nitrogens is 2. The average molecular weight is 425 g/mol. The van der Waals surface area contributed by atoms with Crippen LogP contribution in [0.3, 0.4) is 0 Å². The number of pyridine rings is 2. The predicted octanol–water partition coefficient (Wildman–Crippen LogP) is 3.72. The molecule has 3 rings (SSSR count). The highest BCUT2D eigenvalue weighted by Gasteiger charge is 2.19. The summed E-state index contributed by atoms with van der Waals surface area (Å²) < 4.78 is 16.0. The first-order valence-electron chi connectivity index (χ1n) is 9.74. The van der Waals surface area contributed by atoms with Crippen molar-refractivity contribution in [3.63, 3.8) is 0 Å². The number of carbonyl (C=O) groups is 2. The van der Waals surface area contributed by atoms with Gasteiger partial charge in [0.2, 0.25) is 0 Å². The smallest absolute Gasteiger partial charge is 0.341 e. The fourth-order valence-electron chi connectivity index (χ4n) is 2.92. The first-order valence-corrected chi connectivity index (χ1v) is 9.74. The van der Waals surface area contributed by atoms with E-state index in [1.807, 2.05) is 13.8 Å². The Morgan fingerprint density at radius 1 is 1.10 bits per heavy atom. The van der Waals surface area contributed by atoms with Crippen molar-refractivity contribution in [2.45, 2.75) is 20.8 Å². The SMILES string of the molecule is CCOC(=O)c1cnc2nc(C)c(OCC)cc2c1Nc1ccc(OCC(=O)O)cc1. The van der Waals surface area contributed by atoms with Crippen molar-refractivity contribution >= 4 is 34.3 Å². The zero-order valence-corrected chi connectivity index (χ0v) is 17.5. The number of rotatable bonds is 9. The van der Waals surface area contributed by atoms with Gasteiger partial charge < -0.3 is 24.6 Å². The van der Waals surface area contributed by atoms with E-state index in [0.717, 1.165) is 0 Å². The number of ether oxygens (including phenoxy) is 3. The number of aliphatic carboxylic acids is 1. The van der Waals surface area contributed by atoms with E-state index in [9.17, 15) is 9.59 Å². The Labute approximate surface area is 179 Å². The van der Waals surface area contributed by atoms with E-state index in [0.29, 0.717) is 46.2 Å². The maximum Gasteiger partial charge on any atom is 0.341 e. The summed E-state index contributed by atoms with van der Waals surface area (Å²) in [4.78, 5) is 32.0. The minimum absolute atomic E-state index is 0.224. The fourth-order valence-corrected chi connectivity index (χ4v) is 2.92. The van der Waals surface area contributed by atoms with E-state index in [1.165, 1.54) is 6.20 Å². The molecule has 0 aliphatic rings. The first kappa shape index (κ1) is 21.8. The Hall–Kier alpha value is -3.88. The van der Waals surface area contributed by atoms with Gasteiger partial charge in [-0.15, -0.1) is 0 Å². The minimum Gasteiger partial charge on any atom is -0.492 e. The molecule has 0 radical (unpaired) electrons. The van der Waals surface area contributed by atoms with Crippen LogP contribution in [0.25, 0.3) is 11.0 Å². The molecule has 3 aromatic rings. The summed E-state index contributed by atoms with van der Waals surface area (Å²) in [6, 6.07) is 8.48. The van der Waals surface area contributed by atoms with Crippen LogP contribution >= 0.6 is 0 Å². The van der Waals surface area contributed by atoms with Crippen molar-refractivity contribution in [3.8, 4) is 11.5 Å². The number of benzene rings is 1. The van der Waals surface area contributed by atoms with Crippen LogP contribution in [-0.4, -0.2) is 46.8 Å². The molecule has 0 saturated heterocycles. The van der Waals surface area contributed by atoms with Gasteiger partial charge in [-0.3, -0.25) is 0 Å². The molecule has 0 aliphatic carbocycles. The van der Waals surface area contributed by atoms with E-state index < -0.39 is 18.5 Å². The summed E-state index contributed by atoms with van der Waals surface area (Å²) in [6.07, 6.45) is 1.43. The third-order valence-corrected chi connectivity index (χ3v) is 4.28. The molecule has 0 saturated carbocycles. The second-order valence-corrected chi connectivity index (χ2v) is 6.48. The van der Waals surface area contributed by atoms with Crippen molar-refractivity contribution in [2.24, 2.45) is 0 Å². The van der Waals surface area contributed by atoms with Crippen LogP contribution in [0.5, 0.6) is 11.5 Å². The summed E-state index contributed by atoms with van der Waals surface area (Å²) in [7, 11) is 0. The zero-order valence-electron chi connectivity index (χ0n) is 17.5. The van der Waals surface area contributed by atoms with Crippen LogP contribution < -0.4 is 14.8 Å². The van der Waals surface area contributed by atoms with Gasteiger partial charge in [0, 0.05) is 17.3 Å². The largest absolute Gasteiger partial charge is 0.492 e. The average Bonchev–Trinajstić information content (AvgIpc) is 2.74. The molecule has 0 spiro atoms. The van der Waals surface area contributed by atoms with Gasteiger partial charge in [0.05, 0.1) is 24.6 Å². The lowest BCUT2D eigenvalue weighted by atomic mass is 10.1. The highest BCUT2D eigenvalue weighted by molar-refractivity contribution is 6.05. The third kappa shape index (κ3) is 5.19. The molecule has 1 aromatic carbocycles. The van der Waals surface area contributed by atoms with Crippen molar-refractivity contribution < 1.29 is 28.9 Å². The number of fused-ring (bicyclic) bond motifs is 1. The number of hydrogen-bond donors (Lipinski definition) is 2. The lowest BCUT2D eigenvalue weighted by Gasteiger charge is -2.16. The molecule has 31 heavy (non-hydrogen) atoms. The second kappa shape index (κ2) is 9.75. The number of carboxylic acid groups (broad SMARTS) is 1. The molecule has 0 bridgehead atoms. The Morgan fingerprint density at radius 3 is 2.48 bits per heavy atom. The summed E-state index contributed by atoms with van der Waals surface area (Å²) in [5, 5.41) is 12.6. The van der Waals surface area contributed by atoms with Gasteiger partial charge in [-0.2, -0.15) is 0 Å². The Balaban J connectivity index is 2.04. The van der Waals surface area contributed by atoms with Crippen LogP contribution in [-0.2, 0) is 9.53 Å². The number of carboxylic acids is 1. The molecule has 0 unspecified atom stereocenters. The van der Waals surface area contributed by atoms with E-state index in [2.05, 4.69) is 15.3 Å². The predicted molar refractivity (Wildman–Crippen MR) is 114 cm³/mol. The third-order valence-electron chi connectivity index (χ3n) is 4.28. The van der Waals surface area contributed by atoms with Crippen molar-refractivity contribution in [2.75, 3.05) is 25.1 Å². The monoisotopic (exact) mass is 425 g/mol. The van der Waals surface area contributed by atoms with E-state index in [1.54, 1.807) is 37.3 Å². The molecule has 0 fully saturated rings. The number of carbonyl (C=O) groups excluding carboxylic acids is 1. The molecule has 0 atom stereocenters. The molecule has 162 valence electrons. The minimum atomic E-state index is -1.06. The highest BCUT2D eigenvalue weighted by atomic mass is 16.5. The molecular formula is C22H23N3O6. The number of hydrogen-bond acceptors (Lipinski definition) is 8. The Bertz CT molecular complexity index is 1100. The van der Waals surface area contributed by atoms with Crippen LogP contribution in [0.15, 0.2) is 36.5 Å². The number of anilines is 2. The quantitative estimate of drug-likeness (QED) is 0.494. The normalized spacial score (nSPS) is 10.5. The molecule has 0 amide bonds. The van der Waals surface area contributed by atoms with Gasteiger partial charge in [-0.05, 0) is 51.1 Å². The molecule has 2 heterocycles. The van der Waals surface area contributed by atoms with Crippen LogP contribution in [0, 0.1) is 6.92 Å². The zero-order chi connectivity index (χ0) is 22.4. The summed E-state index contributed by atoms with van der Waals surface area (Å²) in [6.45, 7) is 5.70. The highest BCUT2D eigenvalue weighted by Crippen LogP contribution is 2.33. The Kier molecular flexibility index (Phi) is 6.86. The van der Waals surface area contributed by atoms with Crippen LogP contribution in [0.4, 0.5) is 11.4 Å². The number of esters is 1. The van der Waals surface area contributed by atoms with E-state index in [-0.39, 0.29) is 12.2 Å². The molecule has 2 N–H and O–H groups in total. The standard InChI is InChI=1S/C22H23N3O6/c1-4-29-18-10-16-20(25-14-6-8-15(9-7-14)31-12-19(26)27)17(22(28)30-5-2)11-23-21(16)24-13(18)3/h6-11H,4-5,12H2,1-3H3,(H,26,27)(H,23,24,25). The molecule has 9 nitrogen and oxygen atoms in total.